The number of nitrogens with zero attached hydrogens (tertiary/aromatic N) is 2. The summed E-state index contributed by atoms with van der Waals surface area (Å²) in [5.41, 5.74) is 2.15. The molecule has 0 bridgehead atoms. The first-order chi connectivity index (χ1) is 25.9. The van der Waals surface area contributed by atoms with Crippen molar-refractivity contribution in [2.24, 2.45) is 0 Å². The van der Waals surface area contributed by atoms with Crippen LogP contribution in [0, 0.1) is 0 Å². The van der Waals surface area contributed by atoms with E-state index in [4.69, 9.17) is 4.42 Å². The Morgan fingerprint density at radius 2 is 1.57 bits per heavy atom. The maximum absolute atomic E-state index is 12.1. The lowest BCUT2D eigenvalue weighted by Crippen LogP contribution is -2.31. The number of benzene rings is 2. The summed E-state index contributed by atoms with van der Waals surface area (Å²) in [5.74, 6) is -0.493. The van der Waals surface area contributed by atoms with E-state index >= 15 is 0 Å². The molecule has 0 amide bonds. The normalized spacial score (nSPS) is 18.1. The van der Waals surface area contributed by atoms with Crippen molar-refractivity contribution in [2.45, 2.75) is 82.4 Å². The molecule has 14 nitrogen and oxygen atoms in total. The molecule has 0 aromatic heterocycles. The van der Waals surface area contributed by atoms with Crippen molar-refractivity contribution >= 4 is 48.1 Å². The first-order valence-corrected chi connectivity index (χ1v) is 22.8. The van der Waals surface area contributed by atoms with Crippen molar-refractivity contribution in [2.75, 3.05) is 36.0 Å². The van der Waals surface area contributed by atoms with Gasteiger partial charge < -0.3 is 14.4 Å². The number of rotatable bonds is 17. The van der Waals surface area contributed by atoms with Gasteiger partial charge in [-0.15, -0.1) is 0 Å². The topological polar surface area (TPSA) is 220 Å². The highest BCUT2D eigenvalue weighted by Crippen LogP contribution is 2.51. The Morgan fingerprint density at radius 3 is 2.18 bits per heavy atom. The quantitative estimate of drug-likeness (QED) is 0.0723. The van der Waals surface area contributed by atoms with Gasteiger partial charge in [-0.2, -0.15) is 25.3 Å². The summed E-state index contributed by atoms with van der Waals surface area (Å²) < 4.78 is 107. The Kier molecular flexibility index (Phi) is 14.0. The molecule has 1 atom stereocenters. The van der Waals surface area contributed by atoms with Gasteiger partial charge in [-0.05, 0) is 80.6 Å². The van der Waals surface area contributed by atoms with Crippen molar-refractivity contribution in [3.05, 3.63) is 94.7 Å². The van der Waals surface area contributed by atoms with Gasteiger partial charge in [0, 0.05) is 53.2 Å². The minimum absolute atomic E-state index is 0.0367. The van der Waals surface area contributed by atoms with Crippen molar-refractivity contribution in [1.82, 2.24) is 4.58 Å². The zero-order chi connectivity index (χ0) is 41.7. The van der Waals surface area contributed by atoms with E-state index in [1.807, 2.05) is 80.5 Å². The van der Waals surface area contributed by atoms with Crippen molar-refractivity contribution in [3.63, 3.8) is 0 Å². The SMILES string of the molecule is CC[N+](CCCS(=O)(=O)O)=c1ccc2c(C=CC=CC=C3N(CCCS(=O)(=O)O)c4ccc(S(=O)(=O)O)cc4C3(C)CCCC(=O)O)cc(C(C)(C)C)oc-2c1. The molecule has 0 fully saturated rings. The van der Waals surface area contributed by atoms with Gasteiger partial charge in [-0.1, -0.05) is 45.1 Å². The Hall–Kier alpha value is -4.13. The monoisotopic (exact) mass is 835 g/mol. The Labute approximate surface area is 329 Å². The maximum Gasteiger partial charge on any atom is 0.303 e. The summed E-state index contributed by atoms with van der Waals surface area (Å²) >= 11 is 0. The number of anilines is 1. The van der Waals surface area contributed by atoms with Crippen LogP contribution in [0.2, 0.25) is 0 Å². The second kappa shape index (κ2) is 17.6. The summed E-state index contributed by atoms with van der Waals surface area (Å²) in [6.45, 7) is 11.0. The lowest BCUT2D eigenvalue weighted by Gasteiger charge is -2.30. The molecular formula is C39H51N2O12S3+. The van der Waals surface area contributed by atoms with Gasteiger partial charge in [0.1, 0.15) is 24.6 Å². The number of fused-ring (bicyclic) bond motifs is 2. The molecule has 4 N–H and O–H groups in total. The number of carboxylic acids is 1. The lowest BCUT2D eigenvalue weighted by molar-refractivity contribution is -0.137. The fourth-order valence-electron chi connectivity index (χ4n) is 6.88. The second-order valence-corrected chi connectivity index (χ2v) is 19.6. The fourth-order valence-corrected chi connectivity index (χ4v) is 8.37. The van der Waals surface area contributed by atoms with Gasteiger partial charge >= 0.3 is 5.97 Å². The first kappa shape index (κ1) is 44.6. The molecule has 4 rings (SSSR count). The van der Waals surface area contributed by atoms with E-state index in [-0.39, 0.29) is 48.3 Å². The van der Waals surface area contributed by atoms with Crippen LogP contribution in [0.3, 0.4) is 0 Å². The van der Waals surface area contributed by atoms with E-state index < -0.39 is 47.5 Å². The van der Waals surface area contributed by atoms with Gasteiger partial charge in [0.2, 0.25) is 5.36 Å². The number of aliphatic carboxylic acids is 1. The lowest BCUT2D eigenvalue weighted by atomic mass is 9.77. The molecule has 1 unspecified atom stereocenters. The number of allylic oxidation sites excluding steroid dienone is 5. The molecule has 1 aromatic carbocycles. The van der Waals surface area contributed by atoms with Crippen LogP contribution >= 0.6 is 0 Å². The van der Waals surface area contributed by atoms with Crippen LogP contribution in [0.25, 0.3) is 17.4 Å². The minimum atomic E-state index is -4.58. The van der Waals surface area contributed by atoms with Crippen LogP contribution in [0.4, 0.5) is 5.69 Å². The highest BCUT2D eigenvalue weighted by Gasteiger charge is 2.43. The summed E-state index contributed by atoms with van der Waals surface area (Å²) in [5, 5.41) is 10.2. The Balaban J connectivity index is 1.77. The highest BCUT2D eigenvalue weighted by atomic mass is 32.2. The largest absolute Gasteiger partial charge is 0.481 e. The van der Waals surface area contributed by atoms with Gasteiger partial charge in [0.25, 0.3) is 30.4 Å². The summed E-state index contributed by atoms with van der Waals surface area (Å²) in [7, 11) is -12.9. The molecule has 3 aliphatic rings. The standard InChI is InChI=1S/C39H50N2O12S3/c1-6-40(21-11-23-54(44,45)46)29-16-18-31-28(25-36(38(2,3)4)53-34(31)26-29)13-8-7-9-14-35-39(5,20-10-15-37(42)43)32-27-30(56(50,51)52)17-19-33(32)41(35)22-12-24-55(47,48)49/h7-9,13-14,16-19,25-27H,6,10-12,15,20-24H2,1-5H3,(H3-,42,43,44,45,46,47,48,49,50,51,52)/p+1. The zero-order valence-corrected chi connectivity index (χ0v) is 34.6. The van der Waals surface area contributed by atoms with Gasteiger partial charge in [0.15, 0.2) is 0 Å². The van der Waals surface area contributed by atoms with Crippen molar-refractivity contribution in [1.29, 1.82) is 0 Å². The minimum Gasteiger partial charge on any atom is -0.481 e. The number of carbonyl (C=O) groups is 1. The first-order valence-electron chi connectivity index (χ1n) is 18.2. The highest BCUT2D eigenvalue weighted by molar-refractivity contribution is 7.86. The summed E-state index contributed by atoms with van der Waals surface area (Å²) in [4.78, 5) is 13.0. The van der Waals surface area contributed by atoms with Crippen LogP contribution in [0.5, 0.6) is 0 Å². The molecule has 0 radical (unpaired) electrons. The smallest absolute Gasteiger partial charge is 0.303 e. The molecule has 1 aliphatic carbocycles. The average Bonchev–Trinajstić information content (AvgIpc) is 3.30. The molecule has 1 aromatic rings. The number of carboxylic acid groups (broad SMARTS) is 1. The van der Waals surface area contributed by atoms with Crippen LogP contribution in [-0.2, 0) is 46.0 Å². The van der Waals surface area contributed by atoms with E-state index in [1.165, 1.54) is 18.2 Å². The molecule has 0 saturated heterocycles. The van der Waals surface area contributed by atoms with Gasteiger partial charge in [0.05, 0.1) is 22.5 Å². The molecule has 56 heavy (non-hydrogen) atoms. The third kappa shape index (κ3) is 11.7. The van der Waals surface area contributed by atoms with E-state index in [2.05, 4.69) is 0 Å². The van der Waals surface area contributed by atoms with Crippen molar-refractivity contribution in [3.8, 4) is 11.3 Å². The molecule has 2 aliphatic heterocycles. The Bertz CT molecular complexity index is 2410. The van der Waals surface area contributed by atoms with Crippen LogP contribution in [-0.4, -0.2) is 81.1 Å². The van der Waals surface area contributed by atoms with Gasteiger partial charge in [-0.25, -0.2) is 4.58 Å². The predicted octanol–water partition coefficient (Wildman–Crippen LogP) is 5.76. The third-order valence-electron chi connectivity index (χ3n) is 9.71. The summed E-state index contributed by atoms with van der Waals surface area (Å²) in [6, 6.07) is 11.9. The Morgan fingerprint density at radius 1 is 0.893 bits per heavy atom. The van der Waals surface area contributed by atoms with E-state index in [1.54, 1.807) is 18.2 Å². The van der Waals surface area contributed by atoms with E-state index in [9.17, 15) is 48.8 Å². The van der Waals surface area contributed by atoms with Crippen LogP contribution < -0.4 is 14.8 Å². The number of hydrogen-bond donors (Lipinski definition) is 4. The maximum atomic E-state index is 12.1. The van der Waals surface area contributed by atoms with E-state index in [0.29, 0.717) is 42.2 Å². The number of hydrogen-bond acceptors (Lipinski definition) is 9. The molecule has 0 spiro atoms. The van der Waals surface area contributed by atoms with Crippen LogP contribution in [0.15, 0.2) is 81.8 Å². The molecule has 306 valence electrons. The molecule has 17 heteroatoms. The fraction of sp³-hybridized carbons (Fsp3) is 0.436. The molecule has 0 saturated carbocycles. The third-order valence-corrected chi connectivity index (χ3v) is 12.2. The average molecular weight is 836 g/mol. The molecular weight excluding hydrogens is 785 g/mol. The molecule has 2 heterocycles. The zero-order valence-electron chi connectivity index (χ0n) is 32.2. The van der Waals surface area contributed by atoms with Crippen molar-refractivity contribution < 1.29 is 53.2 Å². The summed E-state index contributed by atoms with van der Waals surface area (Å²) in [6.07, 6.45) is 9.81. The second-order valence-electron chi connectivity index (χ2n) is 15.0. The predicted molar refractivity (Wildman–Crippen MR) is 215 cm³/mol. The van der Waals surface area contributed by atoms with Crippen LogP contribution in [0.1, 0.15) is 83.6 Å². The van der Waals surface area contributed by atoms with Gasteiger partial charge in [-0.3, -0.25) is 18.5 Å². The van der Waals surface area contributed by atoms with E-state index in [0.717, 1.165) is 22.2 Å².